The van der Waals surface area contributed by atoms with Crippen LogP contribution >= 0.6 is 23.5 Å². The zero-order chi connectivity index (χ0) is 22.5. The van der Waals surface area contributed by atoms with Gasteiger partial charge in [-0.25, -0.2) is 9.97 Å². The van der Waals surface area contributed by atoms with Gasteiger partial charge < -0.3 is 10.2 Å². The molecule has 2 N–H and O–H groups in total. The Kier molecular flexibility index (Phi) is 6.72. The van der Waals surface area contributed by atoms with E-state index in [2.05, 4.69) is 9.97 Å². The molecule has 160 valence electrons. The Morgan fingerprint density at radius 2 is 0.938 bits per heavy atom. The van der Waals surface area contributed by atoms with Crippen LogP contribution < -0.4 is 0 Å². The number of carboxylic acids is 2. The van der Waals surface area contributed by atoms with E-state index in [9.17, 15) is 19.8 Å². The molecule has 8 heteroatoms. The fraction of sp³-hybridized carbons (Fsp3) is 0.0833. The number of carbonyl (C=O) groups is 2. The summed E-state index contributed by atoms with van der Waals surface area (Å²) >= 11 is 2.11. The monoisotopic (exact) mass is 462 g/mol. The Hall–Kier alpha value is -3.36. The van der Waals surface area contributed by atoms with E-state index in [4.69, 9.17) is 0 Å². The number of aromatic nitrogens is 2. The van der Waals surface area contributed by atoms with Gasteiger partial charge >= 0.3 is 11.9 Å². The fourth-order valence-electron chi connectivity index (χ4n) is 3.12. The molecule has 0 aliphatic rings. The van der Waals surface area contributed by atoms with Crippen molar-refractivity contribution in [1.82, 2.24) is 9.97 Å². The van der Waals surface area contributed by atoms with Crippen molar-refractivity contribution >= 4 is 46.5 Å². The van der Waals surface area contributed by atoms with Gasteiger partial charge in [-0.3, -0.25) is 9.59 Å². The highest BCUT2D eigenvalue weighted by Gasteiger charge is 2.28. The van der Waals surface area contributed by atoms with Gasteiger partial charge in [0.05, 0.1) is 11.0 Å². The Morgan fingerprint density at radius 3 is 1.28 bits per heavy atom. The van der Waals surface area contributed by atoms with E-state index in [1.807, 2.05) is 24.3 Å². The van der Waals surface area contributed by atoms with Gasteiger partial charge in [0.25, 0.3) is 0 Å². The van der Waals surface area contributed by atoms with Gasteiger partial charge in [0.1, 0.15) is 20.6 Å². The first-order valence-electron chi connectivity index (χ1n) is 9.68. The van der Waals surface area contributed by atoms with Crippen LogP contribution in [0.4, 0.5) is 0 Å². The van der Waals surface area contributed by atoms with Crippen molar-refractivity contribution in [2.75, 3.05) is 0 Å². The van der Waals surface area contributed by atoms with Crippen LogP contribution in [-0.4, -0.2) is 32.1 Å². The molecule has 6 nitrogen and oxygen atoms in total. The van der Waals surface area contributed by atoms with Crippen molar-refractivity contribution in [3.8, 4) is 0 Å². The second kappa shape index (κ2) is 9.84. The first-order chi connectivity index (χ1) is 15.5. The van der Waals surface area contributed by atoms with Crippen molar-refractivity contribution in [3.05, 3.63) is 96.1 Å². The molecule has 32 heavy (non-hydrogen) atoms. The highest BCUT2D eigenvalue weighted by Crippen LogP contribution is 2.43. The largest absolute Gasteiger partial charge is 0.480 e. The molecular formula is C24H18N2O4S2. The first kappa shape index (κ1) is 21.9. The SMILES string of the molecule is O=C(O)[C@@H](Sc1nc2ccccc2nc1S[C@H](C(=O)O)c1ccccc1)c1ccccc1. The minimum absolute atomic E-state index is 0.382. The molecule has 2 atom stereocenters. The molecule has 0 saturated carbocycles. The van der Waals surface area contributed by atoms with Gasteiger partial charge in [-0.05, 0) is 23.3 Å². The Labute approximate surface area is 192 Å². The molecule has 1 aromatic heterocycles. The molecule has 0 amide bonds. The van der Waals surface area contributed by atoms with Crippen LogP contribution in [0.25, 0.3) is 11.0 Å². The van der Waals surface area contributed by atoms with Crippen molar-refractivity contribution in [2.45, 2.75) is 20.6 Å². The van der Waals surface area contributed by atoms with Crippen LogP contribution in [0.3, 0.4) is 0 Å². The summed E-state index contributed by atoms with van der Waals surface area (Å²) in [5.74, 6) is -2.02. The number of nitrogens with zero attached hydrogens (tertiary/aromatic N) is 2. The number of aliphatic carboxylic acids is 2. The number of benzene rings is 3. The summed E-state index contributed by atoms with van der Waals surface area (Å²) in [6, 6.07) is 25.0. The molecule has 0 spiro atoms. The molecule has 0 aliphatic carbocycles. The number of hydrogen-bond donors (Lipinski definition) is 2. The van der Waals surface area contributed by atoms with Crippen molar-refractivity contribution in [1.29, 1.82) is 0 Å². The molecule has 1 heterocycles. The molecular weight excluding hydrogens is 444 g/mol. The van der Waals surface area contributed by atoms with E-state index in [1.165, 1.54) is 0 Å². The quantitative estimate of drug-likeness (QED) is 0.333. The lowest BCUT2D eigenvalue weighted by Crippen LogP contribution is -2.10. The Morgan fingerprint density at radius 1 is 0.594 bits per heavy atom. The molecule has 4 rings (SSSR count). The third-order valence-corrected chi connectivity index (χ3v) is 7.18. The minimum atomic E-state index is -1.01. The van der Waals surface area contributed by atoms with Gasteiger partial charge in [0.15, 0.2) is 0 Å². The minimum Gasteiger partial charge on any atom is -0.480 e. The average molecular weight is 463 g/mol. The van der Waals surface area contributed by atoms with Gasteiger partial charge in [0, 0.05) is 0 Å². The van der Waals surface area contributed by atoms with Crippen LogP contribution in [0.1, 0.15) is 21.6 Å². The van der Waals surface area contributed by atoms with Crippen molar-refractivity contribution < 1.29 is 19.8 Å². The topological polar surface area (TPSA) is 100 Å². The van der Waals surface area contributed by atoms with Gasteiger partial charge in [-0.2, -0.15) is 0 Å². The van der Waals surface area contributed by atoms with Gasteiger partial charge in [-0.15, -0.1) is 0 Å². The highest BCUT2D eigenvalue weighted by molar-refractivity contribution is 8.03. The molecule has 0 saturated heterocycles. The number of rotatable bonds is 8. The van der Waals surface area contributed by atoms with E-state index in [0.29, 0.717) is 32.2 Å². The van der Waals surface area contributed by atoms with E-state index in [1.54, 1.807) is 60.7 Å². The summed E-state index contributed by atoms with van der Waals surface area (Å²) < 4.78 is 0. The average Bonchev–Trinajstić information content (AvgIpc) is 2.81. The molecule has 0 fully saturated rings. The number of carboxylic acid groups (broad SMARTS) is 2. The summed E-state index contributed by atoms with van der Waals surface area (Å²) in [4.78, 5) is 33.4. The Bertz CT molecular complexity index is 1150. The van der Waals surface area contributed by atoms with Crippen LogP contribution in [0.15, 0.2) is 95.0 Å². The second-order valence-electron chi connectivity index (χ2n) is 6.82. The van der Waals surface area contributed by atoms with Crippen LogP contribution in [0, 0.1) is 0 Å². The fourth-order valence-corrected chi connectivity index (χ4v) is 5.24. The smallest absolute Gasteiger partial charge is 0.321 e. The maximum atomic E-state index is 12.1. The zero-order valence-electron chi connectivity index (χ0n) is 16.7. The van der Waals surface area contributed by atoms with Crippen molar-refractivity contribution in [2.24, 2.45) is 0 Å². The normalized spacial score (nSPS) is 12.9. The molecule has 0 bridgehead atoms. The lowest BCUT2D eigenvalue weighted by Gasteiger charge is -2.17. The summed E-state index contributed by atoms with van der Waals surface area (Å²) in [5.41, 5.74) is 2.47. The Balaban J connectivity index is 1.78. The zero-order valence-corrected chi connectivity index (χ0v) is 18.3. The van der Waals surface area contributed by atoms with E-state index in [0.717, 1.165) is 23.5 Å². The predicted octanol–water partition coefficient (Wildman–Crippen LogP) is 5.47. The molecule has 0 unspecified atom stereocenters. The third kappa shape index (κ3) is 4.92. The summed E-state index contributed by atoms with van der Waals surface area (Å²) in [5, 5.41) is 18.7. The lowest BCUT2D eigenvalue weighted by atomic mass is 10.1. The molecule has 3 aromatic carbocycles. The summed E-state index contributed by atoms with van der Waals surface area (Å²) in [6.45, 7) is 0. The first-order valence-corrected chi connectivity index (χ1v) is 11.4. The van der Waals surface area contributed by atoms with Crippen LogP contribution in [0.5, 0.6) is 0 Å². The van der Waals surface area contributed by atoms with Gasteiger partial charge in [0.2, 0.25) is 0 Å². The molecule has 4 aromatic rings. The number of thioether (sulfide) groups is 2. The lowest BCUT2D eigenvalue weighted by molar-refractivity contribution is -0.137. The maximum Gasteiger partial charge on any atom is 0.321 e. The summed E-state index contributed by atoms with van der Waals surface area (Å²) in [6.07, 6.45) is 0. The van der Waals surface area contributed by atoms with E-state index in [-0.39, 0.29) is 0 Å². The van der Waals surface area contributed by atoms with Gasteiger partial charge in [-0.1, -0.05) is 96.3 Å². The van der Waals surface area contributed by atoms with Crippen molar-refractivity contribution in [3.63, 3.8) is 0 Å². The predicted molar refractivity (Wildman–Crippen MR) is 125 cm³/mol. The maximum absolute atomic E-state index is 12.1. The number of hydrogen-bond acceptors (Lipinski definition) is 6. The second-order valence-corrected chi connectivity index (χ2v) is 9.00. The standard InChI is InChI=1S/C24H18N2O4S2/c27-23(28)19(15-9-3-1-4-10-15)31-21-22(26-18-14-8-7-13-17(18)25-21)32-20(24(29)30)16-11-5-2-6-12-16/h1-14,19-20H,(H,27,28)(H,29,30)/t19-,20-/m0/s1. The molecule has 0 aliphatic heterocycles. The van der Waals surface area contributed by atoms with E-state index < -0.39 is 22.4 Å². The number of fused-ring (bicyclic) bond motifs is 1. The van der Waals surface area contributed by atoms with Crippen LogP contribution in [-0.2, 0) is 9.59 Å². The highest BCUT2D eigenvalue weighted by atomic mass is 32.2. The number of para-hydroxylation sites is 2. The molecule has 0 radical (unpaired) electrons. The summed E-state index contributed by atoms with van der Waals surface area (Å²) in [7, 11) is 0. The van der Waals surface area contributed by atoms with E-state index >= 15 is 0 Å². The van der Waals surface area contributed by atoms with Crippen LogP contribution in [0.2, 0.25) is 0 Å². The third-order valence-electron chi connectivity index (χ3n) is 4.62.